The van der Waals surface area contributed by atoms with Crippen molar-refractivity contribution in [1.29, 1.82) is 0 Å². The Morgan fingerprint density at radius 3 is 2.52 bits per heavy atom. The highest BCUT2D eigenvalue weighted by Gasteiger charge is 2.44. The highest BCUT2D eigenvalue weighted by Crippen LogP contribution is 2.47. The van der Waals surface area contributed by atoms with Gasteiger partial charge in [0.2, 0.25) is 0 Å². The van der Waals surface area contributed by atoms with E-state index in [4.69, 9.17) is 15.2 Å². The zero-order chi connectivity index (χ0) is 28.5. The lowest BCUT2D eigenvalue weighted by molar-refractivity contribution is -0.131. The predicted octanol–water partition coefficient (Wildman–Crippen LogP) is 4.52. The van der Waals surface area contributed by atoms with E-state index in [9.17, 15) is 13.2 Å². The quantitative estimate of drug-likeness (QED) is 0.375. The number of benzene rings is 2. The number of rotatable bonds is 8. The van der Waals surface area contributed by atoms with Crippen LogP contribution in [0.2, 0.25) is 0 Å². The third-order valence-electron chi connectivity index (χ3n) is 7.86. The topological polar surface area (TPSA) is 111 Å². The van der Waals surface area contributed by atoms with Crippen molar-refractivity contribution in [1.82, 2.24) is 10.2 Å². The number of hydrogen-bond donors (Lipinski definition) is 2. The van der Waals surface area contributed by atoms with Crippen molar-refractivity contribution >= 4 is 32.8 Å². The SMILES string of the molecule is CCS(=O)(=O)c1ccc(CNC(=O)c2cc3c(s2)C2(CCN(Cc4ccc(N)c(OC)c4)CC2)OC(C)C3)cc1. The molecule has 3 aromatic rings. The van der Waals surface area contributed by atoms with E-state index in [0.717, 1.165) is 50.0 Å². The first kappa shape index (κ1) is 28.6. The van der Waals surface area contributed by atoms with E-state index >= 15 is 0 Å². The molecule has 2 aromatic carbocycles. The number of carbonyl (C=O) groups excluding carboxylic acids is 1. The Labute approximate surface area is 240 Å². The first-order chi connectivity index (χ1) is 19.1. The zero-order valence-electron chi connectivity index (χ0n) is 23.2. The van der Waals surface area contributed by atoms with Crippen LogP contribution in [-0.2, 0) is 39.7 Å². The summed E-state index contributed by atoms with van der Waals surface area (Å²) in [6, 6.07) is 14.7. The van der Waals surface area contributed by atoms with Crippen LogP contribution < -0.4 is 15.8 Å². The van der Waals surface area contributed by atoms with Crippen LogP contribution in [0.5, 0.6) is 5.75 Å². The summed E-state index contributed by atoms with van der Waals surface area (Å²) in [6.07, 6.45) is 2.61. The molecule has 5 rings (SSSR count). The van der Waals surface area contributed by atoms with Gasteiger partial charge in [-0.15, -0.1) is 11.3 Å². The fraction of sp³-hybridized carbons (Fsp3) is 0.433. The minimum Gasteiger partial charge on any atom is -0.495 e. The average molecular weight is 584 g/mol. The summed E-state index contributed by atoms with van der Waals surface area (Å²) in [4.78, 5) is 17.7. The molecule has 214 valence electrons. The van der Waals surface area contributed by atoms with Crippen LogP contribution in [0.1, 0.15) is 57.9 Å². The predicted molar refractivity (Wildman–Crippen MR) is 158 cm³/mol. The molecule has 1 atom stereocenters. The van der Waals surface area contributed by atoms with Gasteiger partial charge < -0.3 is 20.5 Å². The molecule has 2 aliphatic rings. The van der Waals surface area contributed by atoms with E-state index in [0.29, 0.717) is 27.8 Å². The number of sulfone groups is 1. The fourth-order valence-corrected chi connectivity index (χ4v) is 7.83. The number of likely N-dealkylation sites (tertiary alicyclic amines) is 1. The lowest BCUT2D eigenvalue weighted by Gasteiger charge is -2.45. The largest absolute Gasteiger partial charge is 0.495 e. The lowest BCUT2D eigenvalue weighted by atomic mass is 9.84. The summed E-state index contributed by atoms with van der Waals surface area (Å²) in [7, 11) is -1.61. The monoisotopic (exact) mass is 583 g/mol. The Bertz CT molecular complexity index is 1480. The highest BCUT2D eigenvalue weighted by molar-refractivity contribution is 7.91. The van der Waals surface area contributed by atoms with Crippen molar-refractivity contribution in [3.63, 3.8) is 0 Å². The summed E-state index contributed by atoms with van der Waals surface area (Å²) in [5.41, 5.74) is 9.47. The van der Waals surface area contributed by atoms with E-state index in [1.165, 1.54) is 10.4 Å². The van der Waals surface area contributed by atoms with Crippen LogP contribution in [0.4, 0.5) is 5.69 Å². The first-order valence-corrected chi connectivity index (χ1v) is 16.1. The van der Waals surface area contributed by atoms with Gasteiger partial charge in [0, 0.05) is 31.1 Å². The van der Waals surface area contributed by atoms with Crippen molar-refractivity contribution in [2.45, 2.75) is 62.8 Å². The maximum absolute atomic E-state index is 13.1. The summed E-state index contributed by atoms with van der Waals surface area (Å²) < 4.78 is 36.1. The highest BCUT2D eigenvalue weighted by atomic mass is 32.2. The Balaban J connectivity index is 1.24. The Morgan fingerprint density at radius 1 is 1.15 bits per heavy atom. The number of nitrogens with one attached hydrogen (secondary N) is 1. The Morgan fingerprint density at radius 2 is 1.85 bits per heavy atom. The molecule has 2 aliphatic heterocycles. The molecule has 8 nitrogen and oxygen atoms in total. The van der Waals surface area contributed by atoms with Gasteiger partial charge in [-0.05, 0) is 73.2 Å². The fourth-order valence-electron chi connectivity index (χ4n) is 5.65. The summed E-state index contributed by atoms with van der Waals surface area (Å²) in [5, 5.41) is 3.00. The minimum absolute atomic E-state index is 0.0613. The standard InChI is InChI=1S/C30H37N3O5S2/c1-4-40(35,36)24-8-5-21(6-9-24)18-32-29(34)27-17-23-15-20(2)38-30(28(23)39-27)11-13-33(14-12-30)19-22-7-10-25(31)26(16-22)37-3/h5-10,16-17,20H,4,11-15,18-19,31H2,1-3H3,(H,32,34). The average Bonchev–Trinajstić information content (AvgIpc) is 3.39. The van der Waals surface area contributed by atoms with Gasteiger partial charge in [-0.3, -0.25) is 9.69 Å². The summed E-state index contributed by atoms with van der Waals surface area (Å²) in [6.45, 7) is 6.67. The van der Waals surface area contributed by atoms with Crippen molar-refractivity contribution in [2.75, 3.05) is 31.7 Å². The molecule has 3 heterocycles. The third kappa shape index (κ3) is 5.90. The zero-order valence-corrected chi connectivity index (χ0v) is 24.9. The second-order valence-electron chi connectivity index (χ2n) is 10.7. The number of nitrogens with zero attached hydrogens (tertiary/aromatic N) is 1. The maximum Gasteiger partial charge on any atom is 0.261 e. The molecule has 10 heteroatoms. The van der Waals surface area contributed by atoms with Gasteiger partial charge in [0.1, 0.15) is 11.4 Å². The molecule has 0 radical (unpaired) electrons. The number of thiophene rings is 1. The van der Waals surface area contributed by atoms with E-state index in [-0.39, 0.29) is 23.4 Å². The smallest absolute Gasteiger partial charge is 0.261 e. The van der Waals surface area contributed by atoms with Gasteiger partial charge >= 0.3 is 0 Å². The van der Waals surface area contributed by atoms with Crippen molar-refractivity contribution in [2.24, 2.45) is 0 Å². The molecule has 3 N–H and O–H groups in total. The Kier molecular flexibility index (Phi) is 8.24. The van der Waals surface area contributed by atoms with E-state index < -0.39 is 9.84 Å². The van der Waals surface area contributed by atoms with E-state index in [1.807, 2.05) is 24.3 Å². The molecule has 1 aromatic heterocycles. The van der Waals surface area contributed by atoms with Crippen molar-refractivity contribution in [3.05, 3.63) is 75.0 Å². The van der Waals surface area contributed by atoms with Gasteiger partial charge in [0.25, 0.3) is 5.91 Å². The maximum atomic E-state index is 13.1. The molecule has 40 heavy (non-hydrogen) atoms. The van der Waals surface area contributed by atoms with Gasteiger partial charge in [0.05, 0.1) is 34.4 Å². The number of hydrogen-bond acceptors (Lipinski definition) is 8. The molecule has 1 spiro atoms. The number of fused-ring (bicyclic) bond motifs is 2. The van der Waals surface area contributed by atoms with Crippen LogP contribution in [0.25, 0.3) is 0 Å². The molecule has 1 fully saturated rings. The van der Waals surface area contributed by atoms with Crippen LogP contribution in [0.3, 0.4) is 0 Å². The van der Waals surface area contributed by atoms with Gasteiger partial charge in [0.15, 0.2) is 9.84 Å². The molecule has 0 saturated carbocycles. The normalized spacial score (nSPS) is 18.8. The number of methoxy groups -OCH3 is 1. The van der Waals surface area contributed by atoms with Crippen LogP contribution in [-0.4, -0.2) is 51.3 Å². The number of piperidine rings is 1. The van der Waals surface area contributed by atoms with E-state index in [2.05, 4.69) is 17.1 Å². The number of nitrogen functional groups attached to an aromatic ring is 1. The molecule has 0 aliphatic carbocycles. The third-order valence-corrected chi connectivity index (χ3v) is 11.0. The van der Waals surface area contributed by atoms with Crippen LogP contribution in [0.15, 0.2) is 53.4 Å². The molecule has 1 unspecified atom stereocenters. The molecule has 1 amide bonds. The first-order valence-electron chi connectivity index (χ1n) is 13.7. The second-order valence-corrected chi connectivity index (χ2v) is 14.0. The number of carbonyl (C=O) groups is 1. The molecular formula is C30H37N3O5S2. The van der Waals surface area contributed by atoms with Crippen molar-refractivity contribution < 1.29 is 22.7 Å². The van der Waals surface area contributed by atoms with Crippen LogP contribution in [0, 0.1) is 0 Å². The number of anilines is 1. The van der Waals surface area contributed by atoms with Crippen LogP contribution >= 0.6 is 11.3 Å². The van der Waals surface area contributed by atoms with E-state index in [1.54, 1.807) is 49.6 Å². The van der Waals surface area contributed by atoms with Gasteiger partial charge in [-0.25, -0.2) is 8.42 Å². The molecule has 1 saturated heterocycles. The number of nitrogens with two attached hydrogens (primary N) is 1. The minimum atomic E-state index is -3.24. The summed E-state index contributed by atoms with van der Waals surface area (Å²) in [5.74, 6) is 0.638. The number of amides is 1. The molecule has 0 bridgehead atoms. The molecular weight excluding hydrogens is 546 g/mol. The lowest BCUT2D eigenvalue weighted by Crippen LogP contribution is -2.47. The second kappa shape index (κ2) is 11.5. The Hall–Kier alpha value is -2.92. The number of ether oxygens (including phenoxy) is 2. The summed E-state index contributed by atoms with van der Waals surface area (Å²) >= 11 is 1.54. The van der Waals surface area contributed by atoms with Gasteiger partial charge in [-0.2, -0.15) is 0 Å². The van der Waals surface area contributed by atoms with Crippen molar-refractivity contribution in [3.8, 4) is 5.75 Å². The van der Waals surface area contributed by atoms with Gasteiger partial charge in [-0.1, -0.05) is 25.1 Å².